The number of aliphatic hydroxyl groups is 1. The molecule has 1 saturated heterocycles. The largest absolute Gasteiger partial charge is 0.391 e. The number of para-hydroxylation sites is 2. The summed E-state index contributed by atoms with van der Waals surface area (Å²) in [6, 6.07) is 7.62. The van der Waals surface area contributed by atoms with Crippen LogP contribution in [-0.2, 0) is 7.05 Å². The van der Waals surface area contributed by atoms with Crippen LogP contribution in [0.3, 0.4) is 0 Å². The van der Waals surface area contributed by atoms with E-state index < -0.39 is 6.10 Å². The van der Waals surface area contributed by atoms with Crippen molar-refractivity contribution in [3.8, 4) is 0 Å². The maximum Gasteiger partial charge on any atom is 0.269 e. The topological polar surface area (TPSA) is 96.2 Å². The average Bonchev–Trinajstić information content (AvgIpc) is 3.33. The number of amides is 1. The van der Waals surface area contributed by atoms with Crippen molar-refractivity contribution in [2.24, 2.45) is 18.9 Å². The van der Waals surface area contributed by atoms with Crippen molar-refractivity contribution in [2.45, 2.75) is 25.0 Å². The Bertz CT molecular complexity index is 1050. The van der Waals surface area contributed by atoms with E-state index in [1.807, 2.05) is 30.5 Å². The van der Waals surface area contributed by atoms with Gasteiger partial charge in [-0.25, -0.2) is 9.97 Å². The summed E-state index contributed by atoms with van der Waals surface area (Å²) < 4.78 is 1.68. The molecule has 2 N–H and O–H groups in total. The summed E-state index contributed by atoms with van der Waals surface area (Å²) in [7, 11) is 1.79. The van der Waals surface area contributed by atoms with E-state index in [-0.39, 0.29) is 11.9 Å². The molecule has 3 heterocycles. The van der Waals surface area contributed by atoms with Crippen LogP contribution in [0.4, 0.5) is 5.82 Å². The number of fused-ring (bicyclic) bond motifs is 2. The van der Waals surface area contributed by atoms with Crippen molar-refractivity contribution in [1.82, 2.24) is 24.8 Å². The summed E-state index contributed by atoms with van der Waals surface area (Å²) in [6.07, 6.45) is 5.87. The number of carbonyl (C=O) groups is 1. The lowest BCUT2D eigenvalue weighted by Crippen LogP contribution is -2.49. The molecule has 1 aromatic carbocycles. The molecule has 8 heteroatoms. The predicted molar refractivity (Wildman–Crippen MR) is 108 cm³/mol. The highest BCUT2D eigenvalue weighted by Gasteiger charge is 2.42. The third-order valence-corrected chi connectivity index (χ3v) is 6.27. The smallest absolute Gasteiger partial charge is 0.269 e. The van der Waals surface area contributed by atoms with Crippen molar-refractivity contribution in [3.05, 3.63) is 48.7 Å². The average molecular weight is 392 g/mol. The molecule has 150 valence electrons. The van der Waals surface area contributed by atoms with Gasteiger partial charge in [0.05, 0.1) is 41.9 Å². The van der Waals surface area contributed by atoms with Crippen LogP contribution < -0.4 is 10.2 Å². The Kier molecular flexibility index (Phi) is 4.43. The third-order valence-electron chi connectivity index (χ3n) is 6.27. The van der Waals surface area contributed by atoms with Gasteiger partial charge in [-0.1, -0.05) is 12.1 Å². The molecule has 8 nitrogen and oxygen atoms in total. The second-order valence-corrected chi connectivity index (χ2v) is 8.15. The molecular formula is C21H24N6O2. The second-order valence-electron chi connectivity index (χ2n) is 8.15. The molecule has 29 heavy (non-hydrogen) atoms. The Morgan fingerprint density at radius 3 is 2.66 bits per heavy atom. The second kappa shape index (κ2) is 7.11. The lowest BCUT2D eigenvalue weighted by Gasteiger charge is -2.35. The molecule has 2 aromatic heterocycles. The van der Waals surface area contributed by atoms with Gasteiger partial charge in [-0.15, -0.1) is 0 Å². The van der Waals surface area contributed by atoms with Crippen molar-refractivity contribution in [3.63, 3.8) is 0 Å². The van der Waals surface area contributed by atoms with Gasteiger partial charge >= 0.3 is 0 Å². The Morgan fingerprint density at radius 1 is 1.14 bits per heavy atom. The highest BCUT2D eigenvalue weighted by molar-refractivity contribution is 5.92. The van der Waals surface area contributed by atoms with E-state index in [0.717, 1.165) is 36.4 Å². The van der Waals surface area contributed by atoms with Crippen molar-refractivity contribution in [2.75, 3.05) is 18.0 Å². The molecule has 0 bridgehead atoms. The number of nitrogens with zero attached hydrogens (tertiary/aromatic N) is 5. The predicted octanol–water partition coefficient (Wildman–Crippen LogP) is 1.37. The monoisotopic (exact) mass is 392 g/mol. The number of carbonyl (C=O) groups excluding carboxylic acids is 1. The van der Waals surface area contributed by atoms with Crippen molar-refractivity contribution in [1.29, 1.82) is 0 Å². The molecule has 4 atom stereocenters. The van der Waals surface area contributed by atoms with E-state index in [2.05, 4.69) is 20.2 Å². The number of aliphatic hydroxyl groups excluding tert-OH is 1. The van der Waals surface area contributed by atoms with Gasteiger partial charge in [-0.2, -0.15) is 0 Å². The summed E-state index contributed by atoms with van der Waals surface area (Å²) in [5.41, 5.74) is 2.28. The lowest BCUT2D eigenvalue weighted by atomic mass is 9.77. The Labute approximate surface area is 168 Å². The van der Waals surface area contributed by atoms with Crippen LogP contribution in [-0.4, -0.2) is 55.8 Å². The Morgan fingerprint density at radius 2 is 1.90 bits per heavy atom. The number of aryl methyl sites for hydroxylation is 1. The highest BCUT2D eigenvalue weighted by Crippen LogP contribution is 2.38. The SMILES string of the molecule is Cn1cncc1C(=O)N[C@H]1C[C@H]2CN(c3cnc4ccccc4n3)C[C@H]2C[C@@H]1O. The Hall–Kier alpha value is -3.00. The summed E-state index contributed by atoms with van der Waals surface area (Å²) in [6.45, 7) is 1.72. The van der Waals surface area contributed by atoms with Gasteiger partial charge in [0.2, 0.25) is 0 Å². The van der Waals surface area contributed by atoms with Gasteiger partial charge in [0, 0.05) is 20.1 Å². The fourth-order valence-corrected chi connectivity index (χ4v) is 4.69. The molecule has 1 amide bonds. The van der Waals surface area contributed by atoms with Gasteiger partial charge in [-0.05, 0) is 36.8 Å². The summed E-state index contributed by atoms with van der Waals surface area (Å²) in [4.78, 5) is 28.1. The van der Waals surface area contributed by atoms with Gasteiger partial charge in [0.15, 0.2) is 0 Å². The number of benzene rings is 1. The Balaban J connectivity index is 1.29. The minimum Gasteiger partial charge on any atom is -0.391 e. The summed E-state index contributed by atoms with van der Waals surface area (Å²) >= 11 is 0. The van der Waals surface area contributed by atoms with E-state index in [9.17, 15) is 9.90 Å². The van der Waals surface area contributed by atoms with Crippen LogP contribution in [0.25, 0.3) is 11.0 Å². The molecule has 0 unspecified atom stereocenters. The first kappa shape index (κ1) is 18.1. The molecule has 0 radical (unpaired) electrons. The fraction of sp³-hybridized carbons (Fsp3) is 0.429. The third kappa shape index (κ3) is 3.33. The first-order valence-corrected chi connectivity index (χ1v) is 10.0. The van der Waals surface area contributed by atoms with Crippen LogP contribution in [0.5, 0.6) is 0 Å². The van der Waals surface area contributed by atoms with Gasteiger partial charge in [0.25, 0.3) is 5.91 Å². The highest BCUT2D eigenvalue weighted by atomic mass is 16.3. The normalized spacial score (nSPS) is 26.5. The molecule has 2 fully saturated rings. The number of anilines is 1. The standard InChI is InChI=1S/C21H24N6O2/c1-26-12-22-8-18(26)21(29)25-17-6-13-10-27(11-14(13)7-19(17)28)20-9-23-15-4-2-3-5-16(15)24-20/h2-5,8-9,12-14,17,19,28H,6-7,10-11H2,1H3,(H,25,29)/t13-,14+,17-,19-/m0/s1. The zero-order valence-electron chi connectivity index (χ0n) is 16.3. The zero-order chi connectivity index (χ0) is 20.0. The molecule has 1 saturated carbocycles. The molecule has 0 spiro atoms. The first-order chi connectivity index (χ1) is 14.1. The number of imidazole rings is 1. The van der Waals surface area contributed by atoms with Crippen LogP contribution in [0.1, 0.15) is 23.3 Å². The molecule has 1 aliphatic carbocycles. The minimum atomic E-state index is -0.545. The van der Waals surface area contributed by atoms with Crippen molar-refractivity contribution < 1.29 is 9.90 Å². The molecule has 1 aliphatic heterocycles. The zero-order valence-corrected chi connectivity index (χ0v) is 16.3. The summed E-state index contributed by atoms with van der Waals surface area (Å²) in [5.74, 6) is 1.48. The first-order valence-electron chi connectivity index (χ1n) is 10.0. The molecule has 3 aromatic rings. The minimum absolute atomic E-state index is 0.192. The number of rotatable bonds is 3. The van der Waals surface area contributed by atoms with Crippen LogP contribution >= 0.6 is 0 Å². The molecular weight excluding hydrogens is 368 g/mol. The number of hydrogen-bond donors (Lipinski definition) is 2. The van der Waals surface area contributed by atoms with Crippen LogP contribution in [0, 0.1) is 11.8 Å². The van der Waals surface area contributed by atoms with E-state index in [1.165, 1.54) is 0 Å². The molecule has 5 rings (SSSR count). The summed E-state index contributed by atoms with van der Waals surface area (Å²) in [5, 5.41) is 13.7. The van der Waals surface area contributed by atoms with Gasteiger partial charge in [0.1, 0.15) is 11.5 Å². The van der Waals surface area contributed by atoms with E-state index in [1.54, 1.807) is 24.1 Å². The van der Waals surface area contributed by atoms with Crippen LogP contribution in [0.15, 0.2) is 43.0 Å². The molecule has 2 aliphatic rings. The van der Waals surface area contributed by atoms with E-state index in [4.69, 9.17) is 4.98 Å². The van der Waals surface area contributed by atoms with Crippen molar-refractivity contribution >= 4 is 22.8 Å². The fourth-order valence-electron chi connectivity index (χ4n) is 4.69. The quantitative estimate of drug-likeness (QED) is 0.699. The lowest BCUT2D eigenvalue weighted by molar-refractivity contribution is 0.0459. The number of hydrogen-bond acceptors (Lipinski definition) is 6. The van der Waals surface area contributed by atoms with E-state index >= 15 is 0 Å². The van der Waals surface area contributed by atoms with Gasteiger partial charge in [-0.3, -0.25) is 9.78 Å². The number of aromatic nitrogens is 4. The van der Waals surface area contributed by atoms with Gasteiger partial charge < -0.3 is 19.9 Å². The van der Waals surface area contributed by atoms with E-state index in [0.29, 0.717) is 24.0 Å². The maximum atomic E-state index is 12.5. The maximum absolute atomic E-state index is 12.5. The van der Waals surface area contributed by atoms with Crippen LogP contribution in [0.2, 0.25) is 0 Å². The number of nitrogens with one attached hydrogen (secondary N) is 1.